The first kappa shape index (κ1) is 15.5. The third-order valence-corrected chi connectivity index (χ3v) is 5.00. The molecule has 25 heavy (non-hydrogen) atoms. The van der Waals surface area contributed by atoms with Crippen molar-refractivity contribution in [1.29, 1.82) is 0 Å². The smallest absolute Gasteiger partial charge is 0.228 e. The van der Waals surface area contributed by atoms with E-state index in [1.54, 1.807) is 6.20 Å². The number of aromatic nitrogens is 1. The highest BCUT2D eigenvalue weighted by atomic mass is 16.1. The van der Waals surface area contributed by atoms with Gasteiger partial charge in [0.25, 0.3) is 0 Å². The van der Waals surface area contributed by atoms with Crippen LogP contribution in [0.25, 0.3) is 11.1 Å². The Morgan fingerprint density at radius 3 is 2.44 bits per heavy atom. The summed E-state index contributed by atoms with van der Waals surface area (Å²) in [6.07, 6.45) is 3.62. The van der Waals surface area contributed by atoms with Crippen LogP contribution in [-0.4, -0.2) is 16.6 Å². The molecule has 2 heterocycles. The predicted molar refractivity (Wildman–Crippen MR) is 96.3 cm³/mol. The van der Waals surface area contributed by atoms with E-state index in [0.717, 1.165) is 22.4 Å². The molecule has 1 aromatic heterocycles. The predicted octanol–water partition coefficient (Wildman–Crippen LogP) is 3.75. The van der Waals surface area contributed by atoms with Gasteiger partial charge in [-0.3, -0.25) is 9.59 Å². The van der Waals surface area contributed by atoms with E-state index in [1.165, 1.54) is 0 Å². The van der Waals surface area contributed by atoms with Crippen molar-refractivity contribution in [2.24, 2.45) is 5.92 Å². The van der Waals surface area contributed by atoms with Crippen LogP contribution in [0.5, 0.6) is 0 Å². The van der Waals surface area contributed by atoms with Crippen LogP contribution in [0, 0.1) is 19.8 Å². The number of hydrogen-bond donors (Lipinski definition) is 1. The van der Waals surface area contributed by atoms with E-state index in [1.807, 2.05) is 57.2 Å². The molecule has 0 fully saturated rings. The lowest BCUT2D eigenvalue weighted by molar-refractivity contribution is 0.0959. The number of aryl methyl sites for hydroxylation is 1. The van der Waals surface area contributed by atoms with Gasteiger partial charge in [-0.2, -0.15) is 0 Å². The summed E-state index contributed by atoms with van der Waals surface area (Å²) in [7, 11) is 0. The molecule has 4 heteroatoms. The number of dihydropyridines is 1. The summed E-state index contributed by atoms with van der Waals surface area (Å²) in [6.45, 7) is 5.76. The first-order valence-corrected chi connectivity index (χ1v) is 8.34. The number of fused-ring (bicyclic) bond motifs is 1. The third kappa shape index (κ3) is 2.18. The summed E-state index contributed by atoms with van der Waals surface area (Å²) in [5.74, 6) is -0.421. The van der Waals surface area contributed by atoms with E-state index >= 15 is 0 Å². The zero-order chi connectivity index (χ0) is 17.7. The van der Waals surface area contributed by atoms with Crippen molar-refractivity contribution in [1.82, 2.24) is 10.3 Å². The maximum atomic E-state index is 13.3. The van der Waals surface area contributed by atoms with Gasteiger partial charge in [0.2, 0.25) is 5.78 Å². The van der Waals surface area contributed by atoms with Crippen molar-refractivity contribution in [3.05, 3.63) is 76.4 Å². The fourth-order valence-electron chi connectivity index (χ4n) is 3.58. The monoisotopic (exact) mass is 330 g/mol. The highest BCUT2D eigenvalue weighted by Gasteiger charge is 2.38. The molecule has 1 aromatic carbocycles. The summed E-state index contributed by atoms with van der Waals surface area (Å²) in [5, 5.41) is 2.95. The molecule has 0 spiro atoms. The summed E-state index contributed by atoms with van der Waals surface area (Å²) in [4.78, 5) is 30.8. The van der Waals surface area contributed by atoms with Gasteiger partial charge < -0.3 is 5.32 Å². The number of rotatable bonds is 1. The molecule has 2 aliphatic rings. The number of carbonyl (C=O) groups excluding carboxylic acids is 2. The van der Waals surface area contributed by atoms with Gasteiger partial charge in [0, 0.05) is 17.2 Å². The number of hydrogen-bond acceptors (Lipinski definition) is 4. The normalized spacial score (nSPS) is 18.8. The van der Waals surface area contributed by atoms with Gasteiger partial charge in [-0.1, -0.05) is 43.3 Å². The summed E-state index contributed by atoms with van der Waals surface area (Å²) >= 11 is 0. The lowest BCUT2D eigenvalue weighted by atomic mass is 9.78. The SMILES string of the molecule is Cc1nc2c(c(-c3ccccc3)c1C)C(=O)C1=C(NC=CC1C)C2=O. The lowest BCUT2D eigenvalue weighted by Crippen LogP contribution is -2.34. The van der Waals surface area contributed by atoms with Crippen molar-refractivity contribution in [2.75, 3.05) is 0 Å². The summed E-state index contributed by atoms with van der Waals surface area (Å²) in [6, 6.07) is 9.73. The first-order valence-electron chi connectivity index (χ1n) is 8.34. The van der Waals surface area contributed by atoms with E-state index in [9.17, 15) is 9.59 Å². The molecule has 2 aromatic rings. The summed E-state index contributed by atoms with van der Waals surface area (Å²) < 4.78 is 0. The van der Waals surface area contributed by atoms with Crippen molar-refractivity contribution < 1.29 is 9.59 Å². The molecule has 0 amide bonds. The average Bonchev–Trinajstić information content (AvgIpc) is 2.62. The van der Waals surface area contributed by atoms with E-state index in [-0.39, 0.29) is 23.2 Å². The Balaban J connectivity index is 2.05. The lowest BCUT2D eigenvalue weighted by Gasteiger charge is -2.28. The first-order chi connectivity index (χ1) is 12.0. The van der Waals surface area contributed by atoms with Crippen LogP contribution in [0.1, 0.15) is 39.0 Å². The zero-order valence-corrected chi connectivity index (χ0v) is 14.4. The van der Waals surface area contributed by atoms with Gasteiger partial charge in [0.1, 0.15) is 5.69 Å². The number of carbonyl (C=O) groups is 2. The molecule has 0 radical (unpaired) electrons. The molecule has 0 bridgehead atoms. The second-order valence-corrected chi connectivity index (χ2v) is 6.53. The second kappa shape index (κ2) is 5.52. The Bertz CT molecular complexity index is 985. The fourth-order valence-corrected chi connectivity index (χ4v) is 3.58. The second-order valence-electron chi connectivity index (χ2n) is 6.53. The molecule has 0 saturated carbocycles. The number of Topliss-reactive ketones (excluding diaryl/α,β-unsaturated/α-hetero) is 2. The van der Waals surface area contributed by atoms with E-state index in [0.29, 0.717) is 16.8 Å². The maximum Gasteiger partial charge on any atom is 0.228 e. The van der Waals surface area contributed by atoms with Crippen LogP contribution in [-0.2, 0) is 0 Å². The fraction of sp³-hybridized carbons (Fsp3) is 0.190. The van der Waals surface area contributed by atoms with Crippen LogP contribution in [0.15, 0.2) is 53.9 Å². The molecular weight excluding hydrogens is 312 g/mol. The van der Waals surface area contributed by atoms with Gasteiger partial charge in [0.15, 0.2) is 5.78 Å². The number of allylic oxidation sites excluding steroid dienone is 3. The number of nitrogens with zero attached hydrogens (tertiary/aromatic N) is 1. The molecule has 1 unspecified atom stereocenters. The summed E-state index contributed by atoms with van der Waals surface area (Å²) in [5.41, 5.74) is 5.02. The number of benzene rings is 1. The van der Waals surface area contributed by atoms with E-state index in [4.69, 9.17) is 0 Å². The molecule has 0 saturated heterocycles. The van der Waals surface area contributed by atoms with Crippen LogP contribution in [0.2, 0.25) is 0 Å². The number of nitrogens with one attached hydrogen (secondary N) is 1. The van der Waals surface area contributed by atoms with Crippen molar-refractivity contribution in [3.63, 3.8) is 0 Å². The Labute approximate surface area is 146 Å². The topological polar surface area (TPSA) is 59.1 Å². The molecular formula is C21H18N2O2. The maximum absolute atomic E-state index is 13.3. The van der Waals surface area contributed by atoms with Crippen molar-refractivity contribution >= 4 is 11.6 Å². The third-order valence-electron chi connectivity index (χ3n) is 5.00. The van der Waals surface area contributed by atoms with Gasteiger partial charge in [-0.15, -0.1) is 0 Å². The van der Waals surface area contributed by atoms with Gasteiger partial charge in [-0.05, 0) is 36.7 Å². The van der Waals surface area contributed by atoms with Gasteiger partial charge in [0.05, 0.1) is 11.3 Å². The minimum atomic E-state index is -0.207. The van der Waals surface area contributed by atoms with Crippen LogP contribution in [0.4, 0.5) is 0 Å². The van der Waals surface area contributed by atoms with Crippen LogP contribution < -0.4 is 5.32 Å². The van der Waals surface area contributed by atoms with Crippen LogP contribution in [0.3, 0.4) is 0 Å². The highest BCUT2D eigenvalue weighted by molar-refractivity contribution is 6.28. The minimum Gasteiger partial charge on any atom is -0.358 e. The largest absolute Gasteiger partial charge is 0.358 e. The Morgan fingerprint density at radius 2 is 1.72 bits per heavy atom. The quantitative estimate of drug-likeness (QED) is 0.865. The molecule has 4 nitrogen and oxygen atoms in total. The Hall–Kier alpha value is -3.01. The van der Waals surface area contributed by atoms with Crippen molar-refractivity contribution in [3.8, 4) is 11.1 Å². The molecule has 1 N–H and O–H groups in total. The molecule has 4 rings (SSSR count). The van der Waals surface area contributed by atoms with Gasteiger partial charge >= 0.3 is 0 Å². The molecule has 1 atom stereocenters. The zero-order valence-electron chi connectivity index (χ0n) is 14.4. The molecule has 1 aliphatic heterocycles. The standard InChI is InChI=1S/C21H18N2O2/c1-11-9-10-22-18-15(11)20(24)17-16(14-7-5-4-6-8-14)12(2)13(3)23-19(17)21(18)25/h4-11,22H,1-3H3. The molecule has 124 valence electrons. The van der Waals surface area contributed by atoms with Crippen molar-refractivity contribution in [2.45, 2.75) is 20.8 Å². The van der Waals surface area contributed by atoms with Gasteiger partial charge in [-0.25, -0.2) is 4.98 Å². The Morgan fingerprint density at radius 1 is 1.00 bits per heavy atom. The minimum absolute atomic E-state index is 0.105. The van der Waals surface area contributed by atoms with Crippen LogP contribution >= 0.6 is 0 Å². The highest BCUT2D eigenvalue weighted by Crippen LogP contribution is 2.38. The van der Waals surface area contributed by atoms with E-state index in [2.05, 4.69) is 10.3 Å². The Kier molecular flexibility index (Phi) is 3.42. The number of pyridine rings is 1. The molecule has 1 aliphatic carbocycles. The number of ketones is 2. The van der Waals surface area contributed by atoms with E-state index < -0.39 is 0 Å². The average molecular weight is 330 g/mol.